The quantitative estimate of drug-likeness (QED) is 0.554. The Morgan fingerprint density at radius 1 is 0.769 bits per heavy atom. The molecule has 0 spiro atoms. The maximum atomic E-state index is 8.60. The van der Waals surface area contributed by atoms with E-state index in [0.29, 0.717) is 0 Å². The van der Waals surface area contributed by atoms with Crippen LogP contribution in [-0.2, 0) is 26.5 Å². The minimum Gasteiger partial charge on any atom is -0.366 e. The minimum atomic E-state index is -0.958. The van der Waals surface area contributed by atoms with Crippen LogP contribution in [0.4, 0.5) is 0 Å². The molecule has 0 saturated heterocycles. The molecule has 1 radical (unpaired) electrons. The molecule has 0 aliphatic heterocycles. The maximum Gasteiger partial charge on any atom is 0.159 e. The van der Waals surface area contributed by atoms with Gasteiger partial charge in [-0.15, -0.1) is 0 Å². The third-order valence-corrected chi connectivity index (χ3v) is 0.999. The molecule has 0 rings (SSSR count). The summed E-state index contributed by atoms with van der Waals surface area (Å²) in [5.74, 6) is -1.92. The van der Waals surface area contributed by atoms with Crippen LogP contribution in [0.5, 0.6) is 0 Å². The Morgan fingerprint density at radius 3 is 0.846 bits per heavy atom. The molecule has 0 bridgehead atoms. The Balaban J connectivity index is -0.000000143. The fourth-order valence-corrected chi connectivity index (χ4v) is 0. The van der Waals surface area contributed by atoms with Gasteiger partial charge in [0.1, 0.15) is 0 Å². The van der Waals surface area contributed by atoms with E-state index in [9.17, 15) is 0 Å². The van der Waals surface area contributed by atoms with Crippen LogP contribution >= 0.6 is 0 Å². The zero-order valence-electron chi connectivity index (χ0n) is 9.01. The van der Waals surface area contributed by atoms with Crippen LogP contribution in [0.2, 0.25) is 0 Å². The standard InChI is InChI=1S/2C4H10O2.Cu/c2*1-4(2,5)6-3;/h2*5H,1-3H3;. The van der Waals surface area contributed by atoms with Gasteiger partial charge in [-0.05, 0) is 27.7 Å². The molecule has 0 aromatic heterocycles. The van der Waals surface area contributed by atoms with Crippen molar-refractivity contribution in [1.29, 1.82) is 0 Å². The van der Waals surface area contributed by atoms with Gasteiger partial charge >= 0.3 is 0 Å². The summed E-state index contributed by atoms with van der Waals surface area (Å²) in [7, 11) is 2.92. The zero-order chi connectivity index (χ0) is 10.4. The van der Waals surface area contributed by atoms with Crippen LogP contribution < -0.4 is 0 Å². The van der Waals surface area contributed by atoms with E-state index in [1.807, 2.05) is 0 Å². The van der Waals surface area contributed by atoms with Crippen LogP contribution in [0.3, 0.4) is 0 Å². The molecule has 0 amide bonds. The van der Waals surface area contributed by atoms with Crippen molar-refractivity contribution in [3.05, 3.63) is 0 Å². The van der Waals surface area contributed by atoms with Crippen molar-refractivity contribution >= 4 is 0 Å². The van der Waals surface area contributed by atoms with Crippen molar-refractivity contribution in [2.75, 3.05) is 14.2 Å². The average Bonchev–Trinajstić information content (AvgIpc) is 1.86. The number of hydrogen-bond acceptors (Lipinski definition) is 4. The van der Waals surface area contributed by atoms with Crippen LogP contribution in [0.1, 0.15) is 27.7 Å². The number of aliphatic hydroxyl groups is 2. The van der Waals surface area contributed by atoms with E-state index in [-0.39, 0.29) is 17.1 Å². The summed E-state index contributed by atoms with van der Waals surface area (Å²) in [5.41, 5.74) is 0. The van der Waals surface area contributed by atoms with Crippen LogP contribution in [-0.4, -0.2) is 36.0 Å². The van der Waals surface area contributed by atoms with Gasteiger partial charge < -0.3 is 19.7 Å². The maximum absolute atomic E-state index is 8.60. The van der Waals surface area contributed by atoms with Gasteiger partial charge in [0.2, 0.25) is 0 Å². The molecule has 0 aliphatic rings. The topological polar surface area (TPSA) is 58.9 Å². The molecular formula is C8H20CuO4. The molecule has 0 unspecified atom stereocenters. The van der Waals surface area contributed by atoms with E-state index in [1.54, 1.807) is 27.7 Å². The van der Waals surface area contributed by atoms with Crippen LogP contribution in [0.25, 0.3) is 0 Å². The summed E-state index contributed by atoms with van der Waals surface area (Å²) in [6, 6.07) is 0. The van der Waals surface area contributed by atoms with E-state index in [0.717, 1.165) is 0 Å². The van der Waals surface area contributed by atoms with Crippen LogP contribution in [0, 0.1) is 0 Å². The van der Waals surface area contributed by atoms with Crippen LogP contribution in [0.15, 0.2) is 0 Å². The Morgan fingerprint density at radius 2 is 0.846 bits per heavy atom. The molecule has 0 atom stereocenters. The second-order valence-corrected chi connectivity index (χ2v) is 3.30. The molecule has 2 N–H and O–H groups in total. The predicted molar refractivity (Wildman–Crippen MR) is 46.6 cm³/mol. The van der Waals surface area contributed by atoms with Gasteiger partial charge in [0.05, 0.1) is 0 Å². The second kappa shape index (κ2) is 7.73. The summed E-state index contributed by atoms with van der Waals surface area (Å²) in [5, 5.41) is 17.2. The summed E-state index contributed by atoms with van der Waals surface area (Å²) < 4.78 is 8.99. The van der Waals surface area contributed by atoms with Crippen molar-refractivity contribution in [3.63, 3.8) is 0 Å². The van der Waals surface area contributed by atoms with Gasteiger partial charge in [-0.3, -0.25) is 0 Å². The number of hydrogen-bond donors (Lipinski definition) is 2. The fraction of sp³-hybridized carbons (Fsp3) is 1.00. The Hall–Kier alpha value is 0.359. The first-order valence-corrected chi connectivity index (χ1v) is 3.67. The van der Waals surface area contributed by atoms with Crippen molar-refractivity contribution in [1.82, 2.24) is 0 Å². The third kappa shape index (κ3) is 32.8. The smallest absolute Gasteiger partial charge is 0.159 e. The molecular weight excluding hydrogens is 224 g/mol. The molecule has 0 aromatic rings. The van der Waals surface area contributed by atoms with Crippen molar-refractivity contribution < 1.29 is 36.8 Å². The fourth-order valence-electron chi connectivity index (χ4n) is 0. The molecule has 4 nitrogen and oxygen atoms in total. The summed E-state index contributed by atoms with van der Waals surface area (Å²) in [4.78, 5) is 0. The van der Waals surface area contributed by atoms with Crippen molar-refractivity contribution in [3.8, 4) is 0 Å². The van der Waals surface area contributed by atoms with Crippen molar-refractivity contribution in [2.24, 2.45) is 0 Å². The molecule has 0 aliphatic carbocycles. The van der Waals surface area contributed by atoms with Gasteiger partial charge in [-0.2, -0.15) is 0 Å². The number of rotatable bonds is 2. The van der Waals surface area contributed by atoms with Gasteiger partial charge in [0, 0.05) is 31.3 Å². The van der Waals surface area contributed by atoms with Gasteiger partial charge in [0.15, 0.2) is 11.6 Å². The number of ether oxygens (including phenoxy) is 2. The Bertz CT molecular complexity index is 89.7. The van der Waals surface area contributed by atoms with E-state index in [2.05, 4.69) is 9.47 Å². The molecule has 13 heavy (non-hydrogen) atoms. The number of methoxy groups -OCH3 is 2. The van der Waals surface area contributed by atoms with Gasteiger partial charge in [-0.25, -0.2) is 0 Å². The molecule has 5 heteroatoms. The zero-order valence-corrected chi connectivity index (χ0v) is 9.95. The summed E-state index contributed by atoms with van der Waals surface area (Å²) in [6.45, 7) is 6.31. The average molecular weight is 244 g/mol. The molecule has 87 valence electrons. The Kier molecular flexibility index (Phi) is 11.3. The molecule has 0 fully saturated rings. The normalized spacial score (nSPS) is 11.1. The first-order valence-electron chi connectivity index (χ1n) is 3.67. The first-order chi connectivity index (χ1) is 5.12. The Labute approximate surface area is 90.7 Å². The van der Waals surface area contributed by atoms with Gasteiger partial charge in [0.25, 0.3) is 0 Å². The van der Waals surface area contributed by atoms with E-state index >= 15 is 0 Å². The molecule has 0 saturated carbocycles. The monoisotopic (exact) mass is 243 g/mol. The van der Waals surface area contributed by atoms with E-state index in [4.69, 9.17) is 10.2 Å². The predicted octanol–water partition coefficient (Wildman–Crippen LogP) is 0.720. The second-order valence-electron chi connectivity index (χ2n) is 3.30. The SMILES string of the molecule is COC(C)(C)O.COC(C)(C)O.[Cu]. The van der Waals surface area contributed by atoms with Crippen molar-refractivity contribution in [2.45, 2.75) is 39.3 Å². The molecule has 0 aromatic carbocycles. The van der Waals surface area contributed by atoms with E-state index < -0.39 is 11.6 Å². The van der Waals surface area contributed by atoms with Gasteiger partial charge in [-0.1, -0.05) is 0 Å². The third-order valence-electron chi connectivity index (χ3n) is 0.999. The largest absolute Gasteiger partial charge is 0.366 e. The first kappa shape index (κ1) is 19.0. The summed E-state index contributed by atoms with van der Waals surface area (Å²) >= 11 is 0. The minimum absolute atomic E-state index is 0. The molecule has 0 heterocycles. The summed E-state index contributed by atoms with van der Waals surface area (Å²) in [6.07, 6.45) is 0. The van der Waals surface area contributed by atoms with E-state index in [1.165, 1.54) is 14.2 Å².